The van der Waals surface area contributed by atoms with Crippen LogP contribution < -0.4 is 5.73 Å². The highest BCUT2D eigenvalue weighted by Gasteiger charge is 2.07. The van der Waals surface area contributed by atoms with Crippen molar-refractivity contribution in [3.63, 3.8) is 0 Å². The first-order valence-corrected chi connectivity index (χ1v) is 4.02. The summed E-state index contributed by atoms with van der Waals surface area (Å²) >= 11 is 3.26. The number of aliphatic hydroxyl groups is 1. The molecule has 0 fully saturated rings. The van der Waals surface area contributed by atoms with Gasteiger partial charge in [0.2, 0.25) is 0 Å². The van der Waals surface area contributed by atoms with Crippen molar-refractivity contribution in [2.24, 2.45) is 5.73 Å². The molecule has 0 amide bonds. The molecule has 4 heteroatoms. The summed E-state index contributed by atoms with van der Waals surface area (Å²) in [4.78, 5) is 3.86. The Labute approximate surface area is 73.4 Å². The predicted molar refractivity (Wildman–Crippen MR) is 46.0 cm³/mol. The van der Waals surface area contributed by atoms with Gasteiger partial charge in [-0.05, 0) is 27.6 Å². The summed E-state index contributed by atoms with van der Waals surface area (Å²) in [6.45, 7) is 0.225. The van der Waals surface area contributed by atoms with Crippen LogP contribution in [-0.4, -0.2) is 16.6 Å². The molecule has 0 aromatic carbocycles. The highest BCUT2D eigenvalue weighted by molar-refractivity contribution is 9.10. The first-order valence-electron chi connectivity index (χ1n) is 3.23. The van der Waals surface area contributed by atoms with Gasteiger partial charge in [0, 0.05) is 23.4 Å². The van der Waals surface area contributed by atoms with Crippen molar-refractivity contribution in [3.8, 4) is 0 Å². The Balaban J connectivity index is 2.93. The molecule has 0 unspecified atom stereocenters. The molecule has 3 nitrogen and oxygen atoms in total. The second-order valence-electron chi connectivity index (χ2n) is 2.15. The van der Waals surface area contributed by atoms with E-state index in [0.717, 1.165) is 10.0 Å². The molecule has 0 aliphatic rings. The predicted octanol–water partition coefficient (Wildman–Crippen LogP) is 0.836. The summed E-state index contributed by atoms with van der Waals surface area (Å²) in [5, 5.41) is 9.33. The molecule has 1 aromatic heterocycles. The van der Waals surface area contributed by atoms with Crippen LogP contribution in [0.2, 0.25) is 0 Å². The largest absolute Gasteiger partial charge is 0.387 e. The second kappa shape index (κ2) is 3.80. The van der Waals surface area contributed by atoms with E-state index in [2.05, 4.69) is 20.9 Å². The average Bonchev–Trinajstić information content (AvgIpc) is 2.04. The van der Waals surface area contributed by atoms with Crippen molar-refractivity contribution in [2.75, 3.05) is 6.54 Å². The van der Waals surface area contributed by atoms with Crippen molar-refractivity contribution in [1.82, 2.24) is 4.98 Å². The lowest BCUT2D eigenvalue weighted by molar-refractivity contribution is 0.186. The summed E-state index contributed by atoms with van der Waals surface area (Å²) in [6.07, 6.45) is 2.65. The maximum Gasteiger partial charge on any atom is 0.0924 e. The lowest BCUT2D eigenvalue weighted by Crippen LogP contribution is -2.11. The van der Waals surface area contributed by atoms with Crippen LogP contribution in [0.3, 0.4) is 0 Å². The minimum absolute atomic E-state index is 0.225. The smallest absolute Gasteiger partial charge is 0.0924 e. The lowest BCUT2D eigenvalue weighted by atomic mass is 10.1. The van der Waals surface area contributed by atoms with E-state index in [1.54, 1.807) is 18.5 Å². The van der Waals surface area contributed by atoms with Crippen molar-refractivity contribution in [2.45, 2.75) is 6.10 Å². The van der Waals surface area contributed by atoms with Crippen LogP contribution >= 0.6 is 15.9 Å². The number of hydrogen-bond donors (Lipinski definition) is 2. The maximum absolute atomic E-state index is 9.33. The first-order chi connectivity index (χ1) is 5.25. The highest BCUT2D eigenvalue weighted by atomic mass is 79.9. The Morgan fingerprint density at radius 2 is 2.45 bits per heavy atom. The van der Waals surface area contributed by atoms with E-state index in [0.29, 0.717) is 0 Å². The summed E-state index contributed by atoms with van der Waals surface area (Å²) < 4.78 is 0.790. The molecule has 60 valence electrons. The molecule has 1 aromatic rings. The number of pyridine rings is 1. The quantitative estimate of drug-likeness (QED) is 0.771. The summed E-state index contributed by atoms with van der Waals surface area (Å²) in [5.41, 5.74) is 6.06. The molecule has 1 atom stereocenters. The van der Waals surface area contributed by atoms with Gasteiger partial charge in [0.15, 0.2) is 0 Å². The summed E-state index contributed by atoms with van der Waals surface area (Å²) in [7, 11) is 0. The van der Waals surface area contributed by atoms with Crippen LogP contribution in [0.15, 0.2) is 22.9 Å². The van der Waals surface area contributed by atoms with Gasteiger partial charge in [0.25, 0.3) is 0 Å². The number of aromatic nitrogens is 1. The van der Waals surface area contributed by atoms with Gasteiger partial charge in [-0.15, -0.1) is 0 Å². The first kappa shape index (κ1) is 8.64. The number of hydrogen-bond acceptors (Lipinski definition) is 3. The number of halogens is 1. The third-order valence-corrected chi connectivity index (χ3v) is 2.05. The molecule has 0 radical (unpaired) electrons. The van der Waals surface area contributed by atoms with Crippen LogP contribution in [0, 0.1) is 0 Å². The van der Waals surface area contributed by atoms with E-state index in [1.165, 1.54) is 0 Å². The number of aliphatic hydroxyl groups excluding tert-OH is 1. The molecular weight excluding hydrogens is 208 g/mol. The zero-order valence-electron chi connectivity index (χ0n) is 5.87. The van der Waals surface area contributed by atoms with E-state index in [-0.39, 0.29) is 6.54 Å². The Kier molecular flexibility index (Phi) is 2.99. The Bertz CT molecular complexity index is 242. The fourth-order valence-electron chi connectivity index (χ4n) is 0.783. The van der Waals surface area contributed by atoms with Gasteiger partial charge in [-0.3, -0.25) is 4.98 Å². The molecule has 0 saturated carbocycles. The molecule has 1 rings (SSSR count). The molecule has 0 bridgehead atoms. The van der Waals surface area contributed by atoms with Gasteiger partial charge in [0.05, 0.1) is 6.10 Å². The fourth-order valence-corrected chi connectivity index (χ4v) is 1.30. The van der Waals surface area contributed by atoms with Gasteiger partial charge in [0.1, 0.15) is 0 Å². The summed E-state index contributed by atoms with van der Waals surface area (Å²) in [6, 6.07) is 1.74. The third kappa shape index (κ3) is 1.99. The SMILES string of the molecule is NC[C@@H](O)c1ccncc1Br. The highest BCUT2D eigenvalue weighted by Crippen LogP contribution is 2.20. The van der Waals surface area contributed by atoms with Crippen LogP contribution in [-0.2, 0) is 0 Å². The lowest BCUT2D eigenvalue weighted by Gasteiger charge is -2.08. The number of nitrogens with zero attached hydrogens (tertiary/aromatic N) is 1. The fraction of sp³-hybridized carbons (Fsp3) is 0.286. The monoisotopic (exact) mass is 216 g/mol. The average molecular weight is 217 g/mol. The zero-order chi connectivity index (χ0) is 8.27. The second-order valence-corrected chi connectivity index (χ2v) is 3.00. The molecule has 0 aliphatic heterocycles. The molecule has 3 N–H and O–H groups in total. The molecule has 0 aliphatic carbocycles. The Morgan fingerprint density at radius 3 is 3.00 bits per heavy atom. The number of nitrogens with two attached hydrogens (primary N) is 1. The van der Waals surface area contributed by atoms with Gasteiger partial charge in [-0.25, -0.2) is 0 Å². The van der Waals surface area contributed by atoms with Crippen molar-refractivity contribution in [1.29, 1.82) is 0 Å². The number of rotatable bonds is 2. The van der Waals surface area contributed by atoms with Gasteiger partial charge in [-0.1, -0.05) is 0 Å². The van der Waals surface area contributed by atoms with Crippen LogP contribution in [0.25, 0.3) is 0 Å². The molecule has 11 heavy (non-hydrogen) atoms. The molecule has 0 saturated heterocycles. The van der Waals surface area contributed by atoms with E-state index in [1.807, 2.05) is 0 Å². The topological polar surface area (TPSA) is 59.1 Å². The molecule has 0 spiro atoms. The minimum Gasteiger partial charge on any atom is -0.387 e. The van der Waals surface area contributed by atoms with Crippen molar-refractivity contribution in [3.05, 3.63) is 28.5 Å². The Morgan fingerprint density at radius 1 is 1.73 bits per heavy atom. The standard InChI is InChI=1S/C7H9BrN2O/c8-6-4-10-2-1-5(6)7(11)3-9/h1-2,4,7,11H,3,9H2/t7-/m1/s1. The van der Waals surface area contributed by atoms with Crippen LogP contribution in [0.5, 0.6) is 0 Å². The van der Waals surface area contributed by atoms with Crippen LogP contribution in [0.4, 0.5) is 0 Å². The van der Waals surface area contributed by atoms with Crippen LogP contribution in [0.1, 0.15) is 11.7 Å². The van der Waals surface area contributed by atoms with E-state index in [4.69, 9.17) is 5.73 Å². The normalized spacial score (nSPS) is 13.0. The van der Waals surface area contributed by atoms with Crippen molar-refractivity contribution >= 4 is 15.9 Å². The van der Waals surface area contributed by atoms with Gasteiger partial charge < -0.3 is 10.8 Å². The molecular formula is C7H9BrN2O. The zero-order valence-corrected chi connectivity index (χ0v) is 7.45. The van der Waals surface area contributed by atoms with Gasteiger partial charge >= 0.3 is 0 Å². The maximum atomic E-state index is 9.33. The van der Waals surface area contributed by atoms with Crippen molar-refractivity contribution < 1.29 is 5.11 Å². The summed E-state index contributed by atoms with van der Waals surface area (Å²) in [5.74, 6) is 0. The minimum atomic E-state index is -0.604. The van der Waals surface area contributed by atoms with Gasteiger partial charge in [-0.2, -0.15) is 0 Å². The Hall–Kier alpha value is -0.450. The third-order valence-electron chi connectivity index (χ3n) is 1.39. The molecule has 1 heterocycles. The van der Waals surface area contributed by atoms with E-state index >= 15 is 0 Å². The van der Waals surface area contributed by atoms with E-state index < -0.39 is 6.10 Å². The van der Waals surface area contributed by atoms with E-state index in [9.17, 15) is 5.11 Å².